The smallest absolute Gasteiger partial charge is 0.341 e. The number of anilines is 1. The summed E-state index contributed by atoms with van der Waals surface area (Å²) in [6.07, 6.45) is 1.78. The van der Waals surface area contributed by atoms with E-state index in [1.165, 1.54) is 30.2 Å². The van der Waals surface area contributed by atoms with Crippen LogP contribution in [0.2, 0.25) is 0 Å². The number of hydrogen-bond acceptors (Lipinski definition) is 7. The molecule has 0 saturated carbocycles. The number of allylic oxidation sites excluding steroid dienone is 1. The van der Waals surface area contributed by atoms with Gasteiger partial charge in [0, 0.05) is 22.9 Å². The van der Waals surface area contributed by atoms with Crippen LogP contribution >= 0.6 is 23.1 Å². The number of nitrogens with one attached hydrogen (secondary N) is 1. The minimum atomic E-state index is -0.483. The molecule has 0 aliphatic heterocycles. The Morgan fingerprint density at radius 1 is 1.28 bits per heavy atom. The van der Waals surface area contributed by atoms with Crippen LogP contribution in [0, 0.1) is 6.92 Å². The van der Waals surface area contributed by atoms with Crippen molar-refractivity contribution in [1.82, 2.24) is 14.8 Å². The number of nitrogens with zero attached hydrogens (tertiary/aromatic N) is 3. The predicted molar refractivity (Wildman–Crippen MR) is 129 cm³/mol. The maximum absolute atomic E-state index is 12.8. The second kappa shape index (κ2) is 10.6. The zero-order valence-electron chi connectivity index (χ0n) is 18.5. The number of thioether (sulfide) groups is 1. The quantitative estimate of drug-likeness (QED) is 0.265. The zero-order valence-corrected chi connectivity index (χ0v) is 20.2. The number of aromatic nitrogens is 3. The molecule has 0 aliphatic rings. The summed E-state index contributed by atoms with van der Waals surface area (Å²) in [5.74, 6) is 0.468. The zero-order chi connectivity index (χ0) is 23.3. The first-order chi connectivity index (χ1) is 15.4. The standard InChI is InChI=1S/C23H26N4O3S2/c1-6-12-27-20(14(2)3)25-26-23(27)31-13-17(28)24-21-19(22(29)30-5)18(15(4)32-21)16-10-8-7-9-11-16/h6-11,14H,1,12-13H2,2-5H3,(H,24,28). The lowest BCUT2D eigenvalue weighted by molar-refractivity contribution is -0.113. The Morgan fingerprint density at radius 2 is 2.00 bits per heavy atom. The fraction of sp³-hybridized carbons (Fsp3) is 0.304. The van der Waals surface area contributed by atoms with Gasteiger partial charge in [-0.1, -0.05) is 62.0 Å². The molecule has 7 nitrogen and oxygen atoms in total. The average molecular weight is 471 g/mol. The minimum absolute atomic E-state index is 0.131. The third-order valence-electron chi connectivity index (χ3n) is 4.70. The lowest BCUT2D eigenvalue weighted by Crippen LogP contribution is -2.16. The highest BCUT2D eigenvalue weighted by Crippen LogP contribution is 2.40. The summed E-state index contributed by atoms with van der Waals surface area (Å²) in [5.41, 5.74) is 2.05. The van der Waals surface area contributed by atoms with Crippen molar-refractivity contribution in [3.8, 4) is 11.1 Å². The van der Waals surface area contributed by atoms with E-state index in [1.807, 2.05) is 55.7 Å². The number of amides is 1. The number of methoxy groups -OCH3 is 1. The van der Waals surface area contributed by atoms with Crippen LogP contribution in [-0.4, -0.2) is 39.5 Å². The van der Waals surface area contributed by atoms with Gasteiger partial charge in [-0.15, -0.1) is 28.1 Å². The summed E-state index contributed by atoms with van der Waals surface area (Å²) in [7, 11) is 1.34. The molecule has 0 spiro atoms. The monoisotopic (exact) mass is 470 g/mol. The molecule has 0 aliphatic carbocycles. The van der Waals surface area contributed by atoms with Gasteiger partial charge in [-0.05, 0) is 12.5 Å². The van der Waals surface area contributed by atoms with E-state index in [0.29, 0.717) is 22.3 Å². The maximum Gasteiger partial charge on any atom is 0.341 e. The van der Waals surface area contributed by atoms with E-state index in [2.05, 4.69) is 22.1 Å². The fourth-order valence-electron chi connectivity index (χ4n) is 3.31. The predicted octanol–water partition coefficient (Wildman–Crippen LogP) is 5.14. The summed E-state index contributed by atoms with van der Waals surface area (Å²) in [6.45, 7) is 10.4. The van der Waals surface area contributed by atoms with Gasteiger partial charge in [0.15, 0.2) is 5.16 Å². The Kier molecular flexibility index (Phi) is 7.87. The number of aryl methyl sites for hydroxylation is 1. The number of esters is 1. The SMILES string of the molecule is C=CCn1c(SCC(=O)Nc2sc(C)c(-c3ccccc3)c2C(=O)OC)nnc1C(C)C. The summed E-state index contributed by atoms with van der Waals surface area (Å²) in [5, 5.41) is 12.5. The van der Waals surface area contributed by atoms with Crippen molar-refractivity contribution < 1.29 is 14.3 Å². The molecule has 0 bridgehead atoms. The molecule has 0 fully saturated rings. The Hall–Kier alpha value is -2.91. The van der Waals surface area contributed by atoms with Gasteiger partial charge < -0.3 is 14.6 Å². The van der Waals surface area contributed by atoms with Crippen molar-refractivity contribution in [3.63, 3.8) is 0 Å². The van der Waals surface area contributed by atoms with E-state index in [-0.39, 0.29) is 17.6 Å². The van der Waals surface area contributed by atoms with Crippen molar-refractivity contribution in [2.24, 2.45) is 0 Å². The molecule has 0 radical (unpaired) electrons. The van der Waals surface area contributed by atoms with E-state index in [9.17, 15) is 9.59 Å². The molecule has 0 unspecified atom stereocenters. The third kappa shape index (κ3) is 5.11. The Balaban J connectivity index is 1.82. The normalized spacial score (nSPS) is 10.9. The molecule has 3 rings (SSSR count). The first-order valence-corrected chi connectivity index (χ1v) is 11.9. The van der Waals surface area contributed by atoms with Crippen LogP contribution in [0.25, 0.3) is 11.1 Å². The highest BCUT2D eigenvalue weighted by Gasteiger charge is 2.25. The summed E-state index contributed by atoms with van der Waals surface area (Å²) in [6, 6.07) is 9.60. The summed E-state index contributed by atoms with van der Waals surface area (Å²) in [4.78, 5) is 26.3. The summed E-state index contributed by atoms with van der Waals surface area (Å²) < 4.78 is 6.97. The lowest BCUT2D eigenvalue weighted by Gasteiger charge is -2.10. The van der Waals surface area contributed by atoms with Gasteiger partial charge >= 0.3 is 5.97 Å². The van der Waals surface area contributed by atoms with Crippen molar-refractivity contribution in [2.75, 3.05) is 18.2 Å². The molecule has 1 N–H and O–H groups in total. The molecule has 2 aromatic heterocycles. The second-order valence-corrected chi connectivity index (χ2v) is 9.49. The number of benzene rings is 1. The number of carbonyl (C=O) groups is 2. The highest BCUT2D eigenvalue weighted by molar-refractivity contribution is 7.99. The molecule has 1 aromatic carbocycles. The molecule has 9 heteroatoms. The van der Waals surface area contributed by atoms with Gasteiger partial charge in [0.25, 0.3) is 0 Å². The molecule has 2 heterocycles. The van der Waals surface area contributed by atoms with Gasteiger partial charge in [0.05, 0.1) is 12.9 Å². The maximum atomic E-state index is 12.8. The Labute approximate surface area is 195 Å². The molecule has 32 heavy (non-hydrogen) atoms. The molecule has 3 aromatic rings. The molecule has 1 amide bonds. The molecular weight excluding hydrogens is 444 g/mol. The van der Waals surface area contributed by atoms with Gasteiger partial charge in [-0.3, -0.25) is 4.79 Å². The Bertz CT molecular complexity index is 1120. The Morgan fingerprint density at radius 3 is 2.62 bits per heavy atom. The third-order valence-corrected chi connectivity index (χ3v) is 6.68. The van der Waals surface area contributed by atoms with Gasteiger partial charge in [0.2, 0.25) is 5.91 Å². The lowest BCUT2D eigenvalue weighted by atomic mass is 10.0. The average Bonchev–Trinajstić information content (AvgIpc) is 3.33. The van der Waals surface area contributed by atoms with Crippen LogP contribution < -0.4 is 5.32 Å². The highest BCUT2D eigenvalue weighted by atomic mass is 32.2. The van der Waals surface area contributed by atoms with Crippen LogP contribution in [0.15, 0.2) is 48.1 Å². The van der Waals surface area contributed by atoms with E-state index in [4.69, 9.17) is 4.74 Å². The number of carbonyl (C=O) groups excluding carboxylic acids is 2. The van der Waals surface area contributed by atoms with Crippen LogP contribution in [0.4, 0.5) is 5.00 Å². The second-order valence-electron chi connectivity index (χ2n) is 7.33. The molecule has 168 valence electrons. The van der Waals surface area contributed by atoms with Gasteiger partial charge in [0.1, 0.15) is 16.4 Å². The molecule has 0 atom stereocenters. The topological polar surface area (TPSA) is 86.1 Å². The number of ether oxygens (including phenoxy) is 1. The van der Waals surface area contributed by atoms with Crippen molar-refractivity contribution >= 4 is 40.0 Å². The van der Waals surface area contributed by atoms with Crippen LogP contribution in [0.5, 0.6) is 0 Å². The van der Waals surface area contributed by atoms with Crippen molar-refractivity contribution in [2.45, 2.75) is 38.4 Å². The number of rotatable bonds is 9. The van der Waals surface area contributed by atoms with Crippen LogP contribution in [-0.2, 0) is 16.1 Å². The van der Waals surface area contributed by atoms with E-state index in [0.717, 1.165) is 21.8 Å². The number of hydrogen-bond donors (Lipinski definition) is 1. The fourth-order valence-corrected chi connectivity index (χ4v) is 5.14. The molecular formula is C23H26N4O3S2. The first kappa shape index (κ1) is 23.7. The van der Waals surface area contributed by atoms with E-state index < -0.39 is 5.97 Å². The van der Waals surface area contributed by atoms with Crippen LogP contribution in [0.1, 0.15) is 40.8 Å². The number of thiophene rings is 1. The van der Waals surface area contributed by atoms with Gasteiger partial charge in [-0.25, -0.2) is 4.79 Å². The van der Waals surface area contributed by atoms with Crippen LogP contribution in [0.3, 0.4) is 0 Å². The molecule has 0 saturated heterocycles. The largest absolute Gasteiger partial charge is 0.465 e. The minimum Gasteiger partial charge on any atom is -0.465 e. The van der Waals surface area contributed by atoms with Crippen molar-refractivity contribution in [3.05, 3.63) is 59.3 Å². The van der Waals surface area contributed by atoms with E-state index >= 15 is 0 Å². The summed E-state index contributed by atoms with van der Waals surface area (Å²) >= 11 is 2.66. The first-order valence-electron chi connectivity index (χ1n) is 10.1. The van der Waals surface area contributed by atoms with Gasteiger partial charge in [-0.2, -0.15) is 0 Å². The van der Waals surface area contributed by atoms with E-state index in [1.54, 1.807) is 6.08 Å². The van der Waals surface area contributed by atoms with Crippen molar-refractivity contribution in [1.29, 1.82) is 0 Å².